The first-order valence-corrected chi connectivity index (χ1v) is 8.67. The van der Waals surface area contributed by atoms with Gasteiger partial charge in [0.1, 0.15) is 0 Å². The Hall–Kier alpha value is -1.08. The van der Waals surface area contributed by atoms with Crippen LogP contribution in [0.25, 0.3) is 0 Å². The molecule has 1 heterocycles. The summed E-state index contributed by atoms with van der Waals surface area (Å²) in [4.78, 5) is 1.27. The van der Waals surface area contributed by atoms with E-state index >= 15 is 0 Å². The van der Waals surface area contributed by atoms with Gasteiger partial charge in [0, 0.05) is 17.1 Å². The molecule has 0 aliphatic heterocycles. The zero-order valence-corrected chi connectivity index (χ0v) is 13.3. The predicted octanol–water partition coefficient (Wildman–Crippen LogP) is 2.81. The molecule has 2 aromatic rings. The van der Waals surface area contributed by atoms with Crippen LogP contribution in [0.4, 0.5) is 5.69 Å². The van der Waals surface area contributed by atoms with E-state index < -0.39 is 10.0 Å². The summed E-state index contributed by atoms with van der Waals surface area (Å²) in [6.45, 7) is 2.02. The molecule has 0 radical (unpaired) electrons. The highest BCUT2D eigenvalue weighted by atomic mass is 35.5. The number of nitrogens with one attached hydrogen (secondary N) is 1. The molecule has 0 saturated heterocycles. The van der Waals surface area contributed by atoms with Gasteiger partial charge in [-0.1, -0.05) is 17.7 Å². The summed E-state index contributed by atoms with van der Waals surface area (Å²) in [5, 5.41) is 0. The number of thiophene rings is 1. The number of sulfonamides is 1. The average Bonchev–Trinajstić information content (AvgIpc) is 2.78. The molecular weight excluding hydrogens is 316 g/mol. The molecule has 0 unspecified atom stereocenters. The summed E-state index contributed by atoms with van der Waals surface area (Å²) in [5.41, 5.74) is 6.77. The summed E-state index contributed by atoms with van der Waals surface area (Å²) in [5.74, 6) is 0. The zero-order chi connectivity index (χ0) is 14.8. The summed E-state index contributed by atoms with van der Waals surface area (Å²) in [6, 6.07) is 8.57. The molecule has 0 fully saturated rings. The monoisotopic (exact) mass is 330 g/mol. The second-order valence-corrected chi connectivity index (χ2v) is 7.86. The Morgan fingerprint density at radius 3 is 2.70 bits per heavy atom. The summed E-state index contributed by atoms with van der Waals surface area (Å²) < 4.78 is 27.7. The van der Waals surface area contributed by atoms with E-state index in [9.17, 15) is 8.42 Å². The fourth-order valence-corrected chi connectivity index (χ4v) is 4.19. The third-order valence-electron chi connectivity index (χ3n) is 2.91. The topological polar surface area (TPSA) is 72.2 Å². The Bertz CT molecular complexity index is 711. The maximum Gasteiger partial charge on any atom is 0.240 e. The Kier molecular flexibility index (Phi) is 4.70. The minimum atomic E-state index is -3.54. The lowest BCUT2D eigenvalue weighted by Gasteiger charge is -2.10. The Morgan fingerprint density at radius 1 is 1.30 bits per heavy atom. The number of nitrogen functional groups attached to an aromatic ring is 1. The van der Waals surface area contributed by atoms with Crippen LogP contribution in [0.1, 0.15) is 10.4 Å². The Balaban J connectivity index is 2.06. The van der Waals surface area contributed by atoms with Gasteiger partial charge >= 0.3 is 0 Å². The number of benzene rings is 1. The molecule has 0 saturated carbocycles. The molecule has 7 heteroatoms. The van der Waals surface area contributed by atoms with Crippen molar-refractivity contribution >= 4 is 38.6 Å². The third kappa shape index (κ3) is 3.52. The van der Waals surface area contributed by atoms with E-state index in [1.165, 1.54) is 11.3 Å². The summed E-state index contributed by atoms with van der Waals surface area (Å²) in [7, 11) is -3.54. The van der Waals surface area contributed by atoms with E-state index in [4.69, 9.17) is 17.3 Å². The van der Waals surface area contributed by atoms with Gasteiger partial charge in [-0.05, 0) is 43.2 Å². The van der Waals surface area contributed by atoms with Crippen LogP contribution in [-0.2, 0) is 16.4 Å². The highest BCUT2D eigenvalue weighted by Gasteiger charge is 2.17. The zero-order valence-electron chi connectivity index (χ0n) is 10.9. The quantitative estimate of drug-likeness (QED) is 0.828. The molecule has 20 heavy (non-hydrogen) atoms. The first-order valence-electron chi connectivity index (χ1n) is 5.99. The SMILES string of the molecule is Cc1c(N)cccc1S(=O)(=O)NCCc1ccc(Cl)s1. The minimum Gasteiger partial charge on any atom is -0.398 e. The molecule has 1 aromatic heterocycles. The summed E-state index contributed by atoms with van der Waals surface area (Å²) in [6.07, 6.45) is 0.609. The van der Waals surface area contributed by atoms with Crippen LogP contribution in [0, 0.1) is 6.92 Å². The summed E-state index contributed by atoms with van der Waals surface area (Å²) >= 11 is 7.28. The first-order chi connectivity index (χ1) is 9.40. The maximum absolute atomic E-state index is 12.2. The second-order valence-electron chi connectivity index (χ2n) is 4.32. The van der Waals surface area contributed by atoms with Crippen molar-refractivity contribution in [2.24, 2.45) is 0 Å². The van der Waals surface area contributed by atoms with Gasteiger partial charge in [0.15, 0.2) is 0 Å². The standard InChI is InChI=1S/C13H15ClN2O2S2/c1-9-11(15)3-2-4-12(9)20(17,18)16-8-7-10-5-6-13(14)19-10/h2-6,16H,7-8,15H2,1H3. The van der Waals surface area contributed by atoms with E-state index in [0.717, 1.165) is 4.88 Å². The van der Waals surface area contributed by atoms with Gasteiger partial charge in [0.05, 0.1) is 9.23 Å². The molecule has 0 aliphatic carbocycles. The predicted molar refractivity (Wildman–Crippen MR) is 83.8 cm³/mol. The molecular formula is C13H15ClN2O2S2. The van der Waals surface area contributed by atoms with Crippen LogP contribution in [0.2, 0.25) is 4.34 Å². The lowest BCUT2D eigenvalue weighted by Crippen LogP contribution is -2.26. The number of anilines is 1. The van der Waals surface area contributed by atoms with Crippen molar-refractivity contribution < 1.29 is 8.42 Å². The lowest BCUT2D eigenvalue weighted by atomic mass is 10.2. The maximum atomic E-state index is 12.2. The van der Waals surface area contributed by atoms with Crippen LogP contribution >= 0.6 is 22.9 Å². The lowest BCUT2D eigenvalue weighted by molar-refractivity contribution is 0.581. The first kappa shape index (κ1) is 15.3. The molecule has 0 spiro atoms. The van der Waals surface area contributed by atoms with Crippen molar-refractivity contribution in [3.8, 4) is 0 Å². The number of rotatable bonds is 5. The fourth-order valence-electron chi connectivity index (χ4n) is 1.80. The van der Waals surface area contributed by atoms with Gasteiger partial charge in [-0.15, -0.1) is 11.3 Å². The Labute approximate surface area is 127 Å². The van der Waals surface area contributed by atoms with Crippen molar-refractivity contribution in [2.45, 2.75) is 18.2 Å². The smallest absolute Gasteiger partial charge is 0.240 e. The van der Waals surface area contributed by atoms with Crippen LogP contribution in [0.3, 0.4) is 0 Å². The molecule has 0 aliphatic rings. The molecule has 108 valence electrons. The van der Waals surface area contributed by atoms with Crippen LogP contribution in [-0.4, -0.2) is 15.0 Å². The van der Waals surface area contributed by atoms with Crippen molar-refractivity contribution in [1.29, 1.82) is 0 Å². The van der Waals surface area contributed by atoms with E-state index in [-0.39, 0.29) is 4.90 Å². The molecule has 3 N–H and O–H groups in total. The normalized spacial score (nSPS) is 11.7. The van der Waals surface area contributed by atoms with E-state index in [1.54, 1.807) is 31.2 Å². The van der Waals surface area contributed by atoms with E-state index in [2.05, 4.69) is 4.72 Å². The van der Waals surface area contributed by atoms with Crippen molar-refractivity contribution in [2.75, 3.05) is 12.3 Å². The van der Waals surface area contributed by atoms with Crippen molar-refractivity contribution in [1.82, 2.24) is 4.72 Å². The van der Waals surface area contributed by atoms with Gasteiger partial charge < -0.3 is 5.73 Å². The molecule has 2 rings (SSSR count). The average molecular weight is 331 g/mol. The number of hydrogen-bond donors (Lipinski definition) is 2. The van der Waals surface area contributed by atoms with Crippen molar-refractivity contribution in [3.05, 3.63) is 45.1 Å². The Morgan fingerprint density at radius 2 is 2.05 bits per heavy atom. The van der Waals surface area contributed by atoms with Crippen LogP contribution < -0.4 is 10.5 Å². The van der Waals surface area contributed by atoms with Gasteiger partial charge in [0.2, 0.25) is 10.0 Å². The minimum absolute atomic E-state index is 0.224. The van der Waals surface area contributed by atoms with E-state index in [0.29, 0.717) is 28.6 Å². The van der Waals surface area contributed by atoms with Crippen LogP contribution in [0.5, 0.6) is 0 Å². The molecule has 4 nitrogen and oxygen atoms in total. The molecule has 0 bridgehead atoms. The van der Waals surface area contributed by atoms with Gasteiger partial charge in [-0.3, -0.25) is 0 Å². The highest BCUT2D eigenvalue weighted by Crippen LogP contribution is 2.22. The fraction of sp³-hybridized carbons (Fsp3) is 0.231. The number of hydrogen-bond acceptors (Lipinski definition) is 4. The van der Waals surface area contributed by atoms with Crippen LogP contribution in [0.15, 0.2) is 35.2 Å². The van der Waals surface area contributed by atoms with Gasteiger partial charge in [-0.25, -0.2) is 13.1 Å². The van der Waals surface area contributed by atoms with Gasteiger partial charge in [0.25, 0.3) is 0 Å². The molecule has 0 amide bonds. The highest BCUT2D eigenvalue weighted by molar-refractivity contribution is 7.89. The largest absolute Gasteiger partial charge is 0.398 e. The van der Waals surface area contributed by atoms with Crippen molar-refractivity contribution in [3.63, 3.8) is 0 Å². The number of nitrogens with two attached hydrogens (primary N) is 1. The molecule has 0 atom stereocenters. The van der Waals surface area contributed by atoms with E-state index in [1.807, 2.05) is 6.07 Å². The molecule has 1 aromatic carbocycles. The second kappa shape index (κ2) is 6.13. The third-order valence-corrected chi connectivity index (χ3v) is 5.80. The number of halogens is 1. The van der Waals surface area contributed by atoms with Gasteiger partial charge in [-0.2, -0.15) is 0 Å².